The van der Waals surface area contributed by atoms with Crippen LogP contribution >= 0.6 is 0 Å². The van der Waals surface area contributed by atoms with Gasteiger partial charge in [0.25, 0.3) is 0 Å². The van der Waals surface area contributed by atoms with E-state index in [1.54, 1.807) is 0 Å². The number of benzene rings is 4. The van der Waals surface area contributed by atoms with Crippen LogP contribution in [0.25, 0.3) is 27.9 Å². The Morgan fingerprint density at radius 2 is 0.627 bits per heavy atom. The number of allylic oxidation sites excluding steroid dienone is 4. The molecule has 6 nitrogen and oxygen atoms in total. The summed E-state index contributed by atoms with van der Waals surface area (Å²) in [5.41, 5.74) is 16.9. The molecule has 10 rings (SSSR count). The lowest BCUT2D eigenvalue weighted by atomic mass is 9.94. The Bertz CT molecular complexity index is 3290. The maximum absolute atomic E-state index is 12.8. The van der Waals surface area contributed by atoms with Gasteiger partial charge in [-0.05, 0) is 115 Å². The molecule has 0 saturated heterocycles. The number of carbonyl (C=O) groups excluding carboxylic acids is 2. The summed E-state index contributed by atoms with van der Waals surface area (Å²) < 4.78 is 0. The number of ketones is 2. The van der Waals surface area contributed by atoms with Crippen molar-refractivity contribution in [3.8, 4) is 0 Å². The highest BCUT2D eigenvalue weighted by Crippen LogP contribution is 2.29. The van der Waals surface area contributed by atoms with E-state index in [0.717, 1.165) is 88.7 Å². The molecule has 5 heterocycles. The molecule has 284 valence electrons. The van der Waals surface area contributed by atoms with Crippen LogP contribution in [0.4, 0.5) is 0 Å². The minimum Gasteiger partial charge on any atom is -0.354 e. The SMILES string of the molecule is Cc1ccc(/C2=c3\cc/c([nH]3)=C(\c3ccc(C)cc3)c3ccc([nH]3)/C(c3ccc(C4=CC(=O)C=CC4=O)cc3)=c3/cc/c([nH]3)=C(\c3ccc(C)cc3)c3ccc2[nH]3)cc1. The van der Waals surface area contributed by atoms with Crippen LogP contribution < -0.4 is 21.4 Å². The lowest BCUT2D eigenvalue weighted by Gasteiger charge is -2.11. The van der Waals surface area contributed by atoms with Gasteiger partial charge in [-0.3, -0.25) is 9.59 Å². The van der Waals surface area contributed by atoms with E-state index in [-0.39, 0.29) is 11.6 Å². The van der Waals surface area contributed by atoms with E-state index in [4.69, 9.17) is 0 Å². The van der Waals surface area contributed by atoms with Crippen LogP contribution in [0, 0.1) is 20.8 Å². The van der Waals surface area contributed by atoms with Crippen molar-refractivity contribution in [2.24, 2.45) is 0 Å². The van der Waals surface area contributed by atoms with Gasteiger partial charge in [0.1, 0.15) is 0 Å². The molecule has 6 heteroatoms. The Kier molecular flexibility index (Phi) is 8.68. The zero-order valence-corrected chi connectivity index (χ0v) is 32.9. The topological polar surface area (TPSA) is 97.3 Å². The normalized spacial score (nSPS) is 17.6. The van der Waals surface area contributed by atoms with E-state index in [9.17, 15) is 9.59 Å². The summed E-state index contributed by atoms with van der Waals surface area (Å²) in [6.07, 6.45) is 4.07. The molecule has 0 unspecified atom stereocenters. The molecule has 8 aromatic rings. The van der Waals surface area contributed by atoms with E-state index in [2.05, 4.69) is 162 Å². The van der Waals surface area contributed by atoms with Crippen molar-refractivity contribution in [1.82, 2.24) is 19.9 Å². The molecule has 8 bridgehead atoms. The van der Waals surface area contributed by atoms with Crippen LogP contribution in [0.2, 0.25) is 0 Å². The van der Waals surface area contributed by atoms with Gasteiger partial charge in [0.2, 0.25) is 0 Å². The first-order valence-corrected chi connectivity index (χ1v) is 19.8. The highest BCUT2D eigenvalue weighted by molar-refractivity contribution is 6.33. The van der Waals surface area contributed by atoms with E-state index in [1.807, 2.05) is 24.3 Å². The molecule has 0 atom stereocenters. The first kappa shape index (κ1) is 35.7. The highest BCUT2D eigenvalue weighted by atomic mass is 16.1. The third-order valence-corrected chi connectivity index (χ3v) is 11.4. The smallest absolute Gasteiger partial charge is 0.186 e. The third-order valence-electron chi connectivity index (χ3n) is 11.4. The number of hydrogen-bond acceptors (Lipinski definition) is 2. The Balaban J connectivity index is 1.29. The summed E-state index contributed by atoms with van der Waals surface area (Å²) in [6, 6.07) is 51.2. The van der Waals surface area contributed by atoms with Crippen LogP contribution in [0.1, 0.15) is 67.3 Å². The van der Waals surface area contributed by atoms with E-state index in [1.165, 1.54) is 34.9 Å². The van der Waals surface area contributed by atoms with Gasteiger partial charge in [-0.2, -0.15) is 0 Å². The van der Waals surface area contributed by atoms with Crippen LogP contribution in [0.15, 0.2) is 164 Å². The monoisotopic (exact) mass is 764 g/mol. The fourth-order valence-electron chi connectivity index (χ4n) is 8.28. The van der Waals surface area contributed by atoms with Gasteiger partial charge in [0.05, 0.1) is 0 Å². The van der Waals surface area contributed by atoms with Gasteiger partial charge in [-0.15, -0.1) is 0 Å². The Morgan fingerprint density at radius 3 is 0.966 bits per heavy atom. The lowest BCUT2D eigenvalue weighted by Crippen LogP contribution is -2.19. The van der Waals surface area contributed by atoms with Crippen molar-refractivity contribution in [3.05, 3.63) is 253 Å². The predicted molar refractivity (Wildman–Crippen MR) is 235 cm³/mol. The number of carbonyl (C=O) groups is 2. The fraction of sp³-hybridized carbons (Fsp3) is 0.0566. The van der Waals surface area contributed by atoms with Gasteiger partial charge < -0.3 is 19.9 Å². The van der Waals surface area contributed by atoms with Gasteiger partial charge >= 0.3 is 0 Å². The number of fused-ring (bicyclic) bond motifs is 8. The Hall–Kier alpha value is -7.70. The number of rotatable bonds is 5. The van der Waals surface area contributed by atoms with Crippen molar-refractivity contribution >= 4 is 39.4 Å². The van der Waals surface area contributed by atoms with Crippen LogP contribution in [-0.2, 0) is 9.59 Å². The van der Waals surface area contributed by atoms with Crippen LogP contribution in [0.3, 0.4) is 0 Å². The second-order valence-electron chi connectivity index (χ2n) is 15.5. The maximum atomic E-state index is 12.8. The van der Waals surface area contributed by atoms with Crippen molar-refractivity contribution in [3.63, 3.8) is 0 Å². The standard InChI is InChI=1S/C53H40N4O2/c1-31-4-10-35(11-5-31)50-41-21-23-43(54-41)51(36-12-6-32(2)7-13-36)45-25-27-47(56-45)53(38-18-16-34(17-19-38)40-30-39(58)20-29-49(40)59)48-28-26-46(57-48)52(44-24-22-42(50)55-44)37-14-8-33(3)9-15-37/h4-30,54-57H,1-3H3/b50-41-,50-42?,51-43-,51-45?,52-44?,52-46-,53-47?,53-48-. The largest absolute Gasteiger partial charge is 0.354 e. The minimum absolute atomic E-state index is 0.181. The summed E-state index contributed by atoms with van der Waals surface area (Å²) >= 11 is 0. The van der Waals surface area contributed by atoms with E-state index < -0.39 is 0 Å². The minimum atomic E-state index is -0.192. The number of aryl methyl sites for hydroxylation is 3. The number of nitrogens with one attached hydrogen (secondary N) is 4. The van der Waals surface area contributed by atoms with Crippen LogP contribution in [-0.4, -0.2) is 31.5 Å². The summed E-state index contributed by atoms with van der Waals surface area (Å²) in [4.78, 5) is 40.4. The molecular formula is C53H40N4O2. The average molecular weight is 765 g/mol. The first-order chi connectivity index (χ1) is 28.8. The van der Waals surface area contributed by atoms with Gasteiger partial charge in [-0.1, -0.05) is 114 Å². The first-order valence-electron chi connectivity index (χ1n) is 19.8. The predicted octanol–water partition coefficient (Wildman–Crippen LogP) is 7.32. The fourth-order valence-corrected chi connectivity index (χ4v) is 8.28. The van der Waals surface area contributed by atoms with Crippen molar-refractivity contribution in [1.29, 1.82) is 0 Å². The van der Waals surface area contributed by atoms with Crippen molar-refractivity contribution in [2.75, 3.05) is 0 Å². The molecule has 0 radical (unpaired) electrons. The summed E-state index contributed by atoms with van der Waals surface area (Å²) in [5, 5.41) is 3.85. The molecule has 1 aliphatic carbocycles. The number of aromatic amines is 4. The molecule has 2 aliphatic rings. The van der Waals surface area contributed by atoms with E-state index in [0.29, 0.717) is 11.1 Å². The Labute approximate surface area is 341 Å². The van der Waals surface area contributed by atoms with Gasteiger partial charge in [0, 0.05) is 72.0 Å². The lowest BCUT2D eigenvalue weighted by molar-refractivity contribution is -0.113. The quantitative estimate of drug-likeness (QED) is 0.138. The zero-order chi connectivity index (χ0) is 40.2. The molecule has 4 N–H and O–H groups in total. The second-order valence-corrected chi connectivity index (χ2v) is 15.5. The molecule has 0 spiro atoms. The highest BCUT2D eigenvalue weighted by Gasteiger charge is 2.20. The molecule has 0 amide bonds. The average Bonchev–Trinajstić information content (AvgIpc) is 4.09. The number of hydrogen-bond donors (Lipinski definition) is 4. The molecule has 0 saturated carbocycles. The molecular weight excluding hydrogens is 725 g/mol. The molecule has 59 heavy (non-hydrogen) atoms. The summed E-state index contributed by atoms with van der Waals surface area (Å²) in [6.45, 7) is 6.33. The van der Waals surface area contributed by atoms with Gasteiger partial charge in [-0.25, -0.2) is 0 Å². The third kappa shape index (κ3) is 6.60. The molecule has 0 fully saturated rings. The molecule has 1 aliphatic heterocycles. The summed E-state index contributed by atoms with van der Waals surface area (Å²) in [5.74, 6) is -0.373. The number of H-pyrrole nitrogens is 4. The van der Waals surface area contributed by atoms with Crippen molar-refractivity contribution < 1.29 is 9.59 Å². The maximum Gasteiger partial charge on any atom is 0.186 e. The van der Waals surface area contributed by atoms with Gasteiger partial charge in [0.15, 0.2) is 11.6 Å². The second kappa shape index (κ2) is 14.4. The van der Waals surface area contributed by atoms with Crippen molar-refractivity contribution in [2.45, 2.75) is 20.8 Å². The van der Waals surface area contributed by atoms with E-state index >= 15 is 0 Å². The molecule has 4 aromatic carbocycles. The number of aromatic nitrogens is 4. The van der Waals surface area contributed by atoms with Crippen LogP contribution in [0.5, 0.6) is 0 Å². The summed E-state index contributed by atoms with van der Waals surface area (Å²) in [7, 11) is 0. The molecule has 4 aromatic heterocycles. The zero-order valence-electron chi connectivity index (χ0n) is 32.9. The Morgan fingerprint density at radius 1 is 0.322 bits per heavy atom.